The maximum Gasteiger partial charge on any atom is 0.207 e. The van der Waals surface area contributed by atoms with Crippen LogP contribution >= 0.6 is 31.9 Å². The first kappa shape index (κ1) is 12.8. The summed E-state index contributed by atoms with van der Waals surface area (Å²) < 4.78 is 26.0. The highest BCUT2D eigenvalue weighted by Crippen LogP contribution is 2.28. The van der Waals surface area contributed by atoms with Gasteiger partial charge in [0.15, 0.2) is 0 Å². The zero-order valence-electron chi connectivity index (χ0n) is 8.60. The summed E-state index contributed by atoms with van der Waals surface area (Å²) in [6.45, 7) is 0. The molecule has 0 fully saturated rings. The molecule has 0 saturated heterocycles. The molecule has 5 heteroatoms. The molecule has 2 nitrogen and oxygen atoms in total. The molecule has 0 amide bonds. The number of rotatable bonds is 2. The lowest BCUT2D eigenvalue weighted by Crippen LogP contribution is -2.02. The second kappa shape index (κ2) is 4.92. The minimum absolute atomic E-state index is 0.276. The molecule has 0 aliphatic carbocycles. The van der Waals surface area contributed by atoms with Crippen LogP contribution in [0.4, 0.5) is 0 Å². The number of hydrogen-bond acceptors (Lipinski definition) is 2. The molecule has 17 heavy (non-hydrogen) atoms. The van der Waals surface area contributed by atoms with Crippen LogP contribution < -0.4 is 0 Å². The molecule has 0 spiro atoms. The molecule has 0 aromatic heterocycles. The molecule has 88 valence electrons. The van der Waals surface area contributed by atoms with Crippen LogP contribution in [-0.4, -0.2) is 8.42 Å². The summed E-state index contributed by atoms with van der Waals surface area (Å²) in [4.78, 5) is 0.553. The van der Waals surface area contributed by atoms with Crippen LogP contribution in [0.2, 0.25) is 0 Å². The second-order valence-electron chi connectivity index (χ2n) is 3.39. The van der Waals surface area contributed by atoms with Crippen molar-refractivity contribution < 1.29 is 8.42 Å². The van der Waals surface area contributed by atoms with Gasteiger partial charge in [-0.05, 0) is 46.3 Å². The standard InChI is InChI=1S/C12H8Br2O2S/c13-9-4-3-5-10(8-9)17(15,16)12-7-2-1-6-11(12)14/h1-8H. The summed E-state index contributed by atoms with van der Waals surface area (Å²) >= 11 is 6.53. The average molecular weight is 376 g/mol. The first-order valence-electron chi connectivity index (χ1n) is 4.77. The summed E-state index contributed by atoms with van der Waals surface area (Å²) in [5.74, 6) is 0. The molecule has 2 aromatic carbocycles. The first-order valence-corrected chi connectivity index (χ1v) is 7.84. The Labute approximate surface area is 117 Å². The highest BCUT2D eigenvalue weighted by Gasteiger charge is 2.19. The third kappa shape index (κ3) is 2.61. The summed E-state index contributed by atoms with van der Waals surface area (Å²) in [7, 11) is -3.47. The summed E-state index contributed by atoms with van der Waals surface area (Å²) in [5.41, 5.74) is 0. The second-order valence-corrected chi connectivity index (χ2v) is 7.08. The van der Waals surface area contributed by atoms with Crippen molar-refractivity contribution in [1.82, 2.24) is 0 Å². The van der Waals surface area contributed by atoms with Crippen molar-refractivity contribution >= 4 is 41.7 Å². The van der Waals surface area contributed by atoms with E-state index in [2.05, 4.69) is 31.9 Å². The van der Waals surface area contributed by atoms with Gasteiger partial charge in [-0.15, -0.1) is 0 Å². The summed E-state index contributed by atoms with van der Waals surface area (Å²) in [5, 5.41) is 0. The van der Waals surface area contributed by atoms with Crippen molar-refractivity contribution in [2.24, 2.45) is 0 Å². The highest BCUT2D eigenvalue weighted by molar-refractivity contribution is 9.10. The Morgan fingerprint density at radius 2 is 1.59 bits per heavy atom. The van der Waals surface area contributed by atoms with Gasteiger partial charge in [-0.25, -0.2) is 8.42 Å². The van der Waals surface area contributed by atoms with Crippen LogP contribution in [0.3, 0.4) is 0 Å². The van der Waals surface area contributed by atoms with E-state index in [1.165, 1.54) is 0 Å². The van der Waals surface area contributed by atoms with Crippen LogP contribution in [0.25, 0.3) is 0 Å². The molecule has 0 unspecified atom stereocenters. The quantitative estimate of drug-likeness (QED) is 0.793. The van der Waals surface area contributed by atoms with Gasteiger partial charge in [-0.2, -0.15) is 0 Å². The molecular weight excluding hydrogens is 368 g/mol. The number of halogens is 2. The average Bonchev–Trinajstić information content (AvgIpc) is 2.29. The molecule has 0 heterocycles. The van der Waals surface area contributed by atoms with Crippen molar-refractivity contribution in [3.8, 4) is 0 Å². The Balaban J connectivity index is 2.63. The number of sulfone groups is 1. The van der Waals surface area contributed by atoms with E-state index in [0.29, 0.717) is 4.47 Å². The Hall–Kier alpha value is -0.650. The maximum atomic E-state index is 12.4. The van der Waals surface area contributed by atoms with Crippen LogP contribution in [0, 0.1) is 0 Å². The molecule has 2 aromatic rings. The topological polar surface area (TPSA) is 34.1 Å². The maximum absolute atomic E-state index is 12.4. The van der Waals surface area contributed by atoms with Gasteiger partial charge >= 0.3 is 0 Å². The monoisotopic (exact) mass is 374 g/mol. The fraction of sp³-hybridized carbons (Fsp3) is 0. The number of hydrogen-bond donors (Lipinski definition) is 0. The van der Waals surface area contributed by atoms with E-state index in [9.17, 15) is 8.42 Å². The molecular formula is C12H8Br2O2S. The minimum atomic E-state index is -3.47. The molecule has 0 radical (unpaired) electrons. The molecule has 0 N–H and O–H groups in total. The van der Waals surface area contributed by atoms with Gasteiger partial charge in [0, 0.05) is 8.95 Å². The van der Waals surface area contributed by atoms with Crippen LogP contribution in [0.5, 0.6) is 0 Å². The smallest absolute Gasteiger partial charge is 0.207 e. The van der Waals surface area contributed by atoms with Crippen LogP contribution in [0.15, 0.2) is 67.3 Å². The molecule has 0 aliphatic heterocycles. The molecule has 2 rings (SSSR count). The third-order valence-corrected chi connectivity index (χ3v) is 5.49. The molecule has 0 bridgehead atoms. The Morgan fingerprint density at radius 3 is 2.24 bits per heavy atom. The molecule has 0 atom stereocenters. The third-order valence-electron chi connectivity index (χ3n) is 2.23. The summed E-state index contributed by atoms with van der Waals surface area (Å²) in [6, 6.07) is 13.5. The van der Waals surface area contributed by atoms with Gasteiger partial charge in [0.2, 0.25) is 9.84 Å². The van der Waals surface area contributed by atoms with Gasteiger partial charge in [0.05, 0.1) is 9.79 Å². The van der Waals surface area contributed by atoms with Crippen molar-refractivity contribution in [3.05, 3.63) is 57.5 Å². The predicted octanol–water partition coefficient (Wildman–Crippen LogP) is 4.04. The predicted molar refractivity (Wildman–Crippen MR) is 73.7 cm³/mol. The normalized spacial score (nSPS) is 11.4. The Kier molecular flexibility index (Phi) is 3.70. The lowest BCUT2D eigenvalue weighted by molar-refractivity contribution is 0.595. The van der Waals surface area contributed by atoms with Crippen molar-refractivity contribution in [1.29, 1.82) is 0 Å². The zero-order chi connectivity index (χ0) is 12.5. The largest absolute Gasteiger partial charge is 0.218 e. The number of benzene rings is 2. The van der Waals surface area contributed by atoms with Gasteiger partial charge in [0.25, 0.3) is 0 Å². The SMILES string of the molecule is O=S(=O)(c1cccc(Br)c1)c1ccccc1Br. The van der Waals surface area contributed by atoms with Crippen LogP contribution in [0.1, 0.15) is 0 Å². The van der Waals surface area contributed by atoms with E-state index in [0.717, 1.165) is 4.47 Å². The molecule has 0 aliphatic rings. The van der Waals surface area contributed by atoms with Crippen LogP contribution in [-0.2, 0) is 9.84 Å². The van der Waals surface area contributed by atoms with E-state index in [4.69, 9.17) is 0 Å². The lowest BCUT2D eigenvalue weighted by Gasteiger charge is -2.06. The van der Waals surface area contributed by atoms with Gasteiger partial charge < -0.3 is 0 Å². The minimum Gasteiger partial charge on any atom is -0.218 e. The van der Waals surface area contributed by atoms with Gasteiger partial charge in [-0.3, -0.25) is 0 Å². The van der Waals surface area contributed by atoms with Crippen molar-refractivity contribution in [2.75, 3.05) is 0 Å². The fourth-order valence-electron chi connectivity index (χ4n) is 1.42. The van der Waals surface area contributed by atoms with Crippen molar-refractivity contribution in [2.45, 2.75) is 9.79 Å². The van der Waals surface area contributed by atoms with E-state index < -0.39 is 9.84 Å². The fourth-order valence-corrected chi connectivity index (χ4v) is 4.27. The van der Waals surface area contributed by atoms with E-state index >= 15 is 0 Å². The summed E-state index contributed by atoms with van der Waals surface area (Å²) in [6.07, 6.45) is 0. The highest BCUT2D eigenvalue weighted by atomic mass is 79.9. The van der Waals surface area contributed by atoms with E-state index in [1.54, 1.807) is 48.5 Å². The van der Waals surface area contributed by atoms with Gasteiger partial charge in [0.1, 0.15) is 0 Å². The van der Waals surface area contributed by atoms with Gasteiger partial charge in [-0.1, -0.05) is 34.1 Å². The zero-order valence-corrected chi connectivity index (χ0v) is 12.6. The lowest BCUT2D eigenvalue weighted by atomic mass is 10.4. The van der Waals surface area contributed by atoms with E-state index in [-0.39, 0.29) is 9.79 Å². The van der Waals surface area contributed by atoms with Crippen molar-refractivity contribution in [3.63, 3.8) is 0 Å². The first-order chi connectivity index (χ1) is 8.01. The molecule has 0 saturated carbocycles. The Morgan fingerprint density at radius 1 is 0.882 bits per heavy atom. The Bertz CT molecular complexity index is 651. The van der Waals surface area contributed by atoms with E-state index in [1.807, 2.05) is 0 Å².